The third-order valence-electron chi connectivity index (χ3n) is 2.97. The first kappa shape index (κ1) is 17.5. The van der Waals surface area contributed by atoms with Crippen molar-refractivity contribution in [2.45, 2.75) is 46.3 Å². The molecule has 6 heteroatoms. The van der Waals surface area contributed by atoms with Gasteiger partial charge >= 0.3 is 6.09 Å². The Kier molecular flexibility index (Phi) is 6.20. The highest BCUT2D eigenvalue weighted by Crippen LogP contribution is 2.09. The number of rotatable bonds is 6. The molecule has 120 valence electrons. The van der Waals surface area contributed by atoms with Gasteiger partial charge in [-0.15, -0.1) is 0 Å². The van der Waals surface area contributed by atoms with E-state index in [2.05, 4.69) is 17.3 Å². The lowest BCUT2D eigenvalue weighted by molar-refractivity contribution is 0.0300. The van der Waals surface area contributed by atoms with Gasteiger partial charge in [0.2, 0.25) is 0 Å². The van der Waals surface area contributed by atoms with Crippen molar-refractivity contribution in [1.29, 1.82) is 0 Å². The average Bonchev–Trinajstić information content (AvgIpc) is 2.72. The molecule has 0 aromatic carbocycles. The molecule has 0 aliphatic rings. The summed E-state index contributed by atoms with van der Waals surface area (Å²) in [5, 5.41) is 7.74. The Morgan fingerprint density at radius 2 is 2.14 bits per heavy atom. The SMILES string of the molecule is CCc1nn(C)cc1CNCCN(C)C(=O)OC(C)(C)C. The van der Waals surface area contributed by atoms with Crippen molar-refractivity contribution >= 4 is 6.09 Å². The normalized spacial score (nSPS) is 11.5. The van der Waals surface area contributed by atoms with E-state index in [1.165, 1.54) is 5.56 Å². The van der Waals surface area contributed by atoms with Crippen molar-refractivity contribution in [3.63, 3.8) is 0 Å². The van der Waals surface area contributed by atoms with Crippen LogP contribution in [-0.2, 0) is 24.8 Å². The molecule has 6 nitrogen and oxygen atoms in total. The lowest BCUT2D eigenvalue weighted by Gasteiger charge is -2.24. The topological polar surface area (TPSA) is 59.4 Å². The van der Waals surface area contributed by atoms with Gasteiger partial charge in [0.25, 0.3) is 0 Å². The number of nitrogens with zero attached hydrogens (tertiary/aromatic N) is 3. The monoisotopic (exact) mass is 296 g/mol. The van der Waals surface area contributed by atoms with E-state index in [1.54, 1.807) is 11.9 Å². The molecule has 0 saturated heterocycles. The van der Waals surface area contributed by atoms with Crippen LogP contribution in [0.5, 0.6) is 0 Å². The molecule has 0 atom stereocenters. The van der Waals surface area contributed by atoms with E-state index in [0.29, 0.717) is 13.1 Å². The molecule has 0 aliphatic heterocycles. The van der Waals surface area contributed by atoms with E-state index in [9.17, 15) is 4.79 Å². The van der Waals surface area contributed by atoms with Crippen LogP contribution in [0.25, 0.3) is 0 Å². The fourth-order valence-electron chi connectivity index (χ4n) is 1.93. The second kappa shape index (κ2) is 7.45. The molecule has 1 N–H and O–H groups in total. The third-order valence-corrected chi connectivity index (χ3v) is 2.97. The molecule has 0 aliphatic carbocycles. The molecule has 1 aromatic heterocycles. The molecular weight excluding hydrogens is 268 g/mol. The standard InChI is InChI=1S/C15H28N4O2/c1-7-13-12(11-19(6)17-13)10-16-8-9-18(5)14(20)21-15(2,3)4/h11,16H,7-10H2,1-6H3. The van der Waals surface area contributed by atoms with Crippen LogP contribution < -0.4 is 5.32 Å². The molecule has 1 heterocycles. The highest BCUT2D eigenvalue weighted by molar-refractivity contribution is 5.67. The van der Waals surface area contributed by atoms with Gasteiger partial charge in [-0.25, -0.2) is 4.79 Å². The highest BCUT2D eigenvalue weighted by atomic mass is 16.6. The summed E-state index contributed by atoms with van der Waals surface area (Å²) in [6, 6.07) is 0. The third kappa shape index (κ3) is 6.16. The Labute approximate surface area is 127 Å². The predicted octanol–water partition coefficient (Wildman–Crippen LogP) is 1.94. The van der Waals surface area contributed by atoms with Crippen LogP contribution in [0.3, 0.4) is 0 Å². The van der Waals surface area contributed by atoms with Gasteiger partial charge in [0, 0.05) is 45.5 Å². The summed E-state index contributed by atoms with van der Waals surface area (Å²) >= 11 is 0. The fourth-order valence-corrected chi connectivity index (χ4v) is 1.93. The van der Waals surface area contributed by atoms with Gasteiger partial charge in [0.1, 0.15) is 5.60 Å². The second-order valence-electron chi connectivity index (χ2n) is 6.21. The van der Waals surface area contributed by atoms with Gasteiger partial charge in [0.05, 0.1) is 5.69 Å². The maximum Gasteiger partial charge on any atom is 0.410 e. The first-order valence-corrected chi connectivity index (χ1v) is 7.39. The molecule has 0 unspecified atom stereocenters. The van der Waals surface area contributed by atoms with Crippen molar-refractivity contribution in [1.82, 2.24) is 20.0 Å². The zero-order valence-electron chi connectivity index (χ0n) is 14.1. The molecule has 0 bridgehead atoms. The molecule has 1 amide bonds. The van der Waals surface area contributed by atoms with E-state index in [1.807, 2.05) is 38.7 Å². The summed E-state index contributed by atoms with van der Waals surface area (Å²) < 4.78 is 7.14. The Morgan fingerprint density at radius 1 is 1.48 bits per heavy atom. The van der Waals surface area contributed by atoms with Crippen molar-refractivity contribution in [3.8, 4) is 0 Å². The smallest absolute Gasteiger partial charge is 0.410 e. The Balaban J connectivity index is 2.32. The van der Waals surface area contributed by atoms with Crippen LogP contribution >= 0.6 is 0 Å². The van der Waals surface area contributed by atoms with Crippen LogP contribution in [0, 0.1) is 0 Å². The summed E-state index contributed by atoms with van der Waals surface area (Å²) in [5.41, 5.74) is 1.87. The van der Waals surface area contributed by atoms with E-state index >= 15 is 0 Å². The number of likely N-dealkylation sites (N-methyl/N-ethyl adjacent to an activating group) is 1. The number of ether oxygens (including phenoxy) is 1. The molecule has 1 rings (SSSR count). The molecule has 1 aromatic rings. The average molecular weight is 296 g/mol. The minimum absolute atomic E-state index is 0.292. The predicted molar refractivity (Wildman–Crippen MR) is 83.2 cm³/mol. The van der Waals surface area contributed by atoms with Crippen LogP contribution in [0.15, 0.2) is 6.20 Å². The van der Waals surface area contributed by atoms with E-state index in [-0.39, 0.29) is 6.09 Å². The zero-order chi connectivity index (χ0) is 16.0. The quantitative estimate of drug-likeness (QED) is 0.815. The van der Waals surface area contributed by atoms with Crippen LogP contribution in [-0.4, -0.2) is 46.5 Å². The second-order valence-corrected chi connectivity index (χ2v) is 6.21. The highest BCUT2D eigenvalue weighted by Gasteiger charge is 2.19. The minimum atomic E-state index is -0.454. The zero-order valence-corrected chi connectivity index (χ0v) is 14.1. The van der Waals surface area contributed by atoms with Gasteiger partial charge in [-0.1, -0.05) is 6.92 Å². The summed E-state index contributed by atoms with van der Waals surface area (Å²) in [4.78, 5) is 13.4. The molecular formula is C15H28N4O2. The van der Waals surface area contributed by atoms with Crippen molar-refractivity contribution < 1.29 is 9.53 Å². The molecule has 0 spiro atoms. The van der Waals surface area contributed by atoms with E-state index in [4.69, 9.17) is 4.74 Å². The Hall–Kier alpha value is -1.56. The number of carbonyl (C=O) groups is 1. The number of aryl methyl sites for hydroxylation is 2. The van der Waals surface area contributed by atoms with Crippen LogP contribution in [0.1, 0.15) is 39.0 Å². The first-order valence-electron chi connectivity index (χ1n) is 7.39. The molecule has 0 fully saturated rings. The number of aromatic nitrogens is 2. The minimum Gasteiger partial charge on any atom is -0.444 e. The number of carbonyl (C=O) groups excluding carboxylic acids is 1. The van der Waals surface area contributed by atoms with E-state index in [0.717, 1.165) is 18.7 Å². The maximum absolute atomic E-state index is 11.8. The van der Waals surface area contributed by atoms with Gasteiger partial charge < -0.3 is 15.0 Å². The number of hydrogen-bond acceptors (Lipinski definition) is 4. The largest absolute Gasteiger partial charge is 0.444 e. The van der Waals surface area contributed by atoms with Crippen LogP contribution in [0.4, 0.5) is 4.79 Å². The fraction of sp³-hybridized carbons (Fsp3) is 0.733. The number of hydrogen-bond donors (Lipinski definition) is 1. The van der Waals surface area contributed by atoms with Gasteiger partial charge in [-0.05, 0) is 27.2 Å². The van der Waals surface area contributed by atoms with Gasteiger partial charge in [0.15, 0.2) is 0 Å². The first-order chi connectivity index (χ1) is 9.73. The number of nitrogens with one attached hydrogen (secondary N) is 1. The summed E-state index contributed by atoms with van der Waals surface area (Å²) in [7, 11) is 3.68. The summed E-state index contributed by atoms with van der Waals surface area (Å²) in [5.74, 6) is 0. The van der Waals surface area contributed by atoms with Crippen LogP contribution in [0.2, 0.25) is 0 Å². The Bertz CT molecular complexity index is 463. The van der Waals surface area contributed by atoms with Crippen molar-refractivity contribution in [3.05, 3.63) is 17.5 Å². The number of amides is 1. The van der Waals surface area contributed by atoms with Gasteiger partial charge in [-0.3, -0.25) is 4.68 Å². The lowest BCUT2D eigenvalue weighted by atomic mass is 10.2. The van der Waals surface area contributed by atoms with Crippen molar-refractivity contribution in [2.75, 3.05) is 20.1 Å². The molecule has 0 saturated carbocycles. The Morgan fingerprint density at radius 3 is 2.71 bits per heavy atom. The maximum atomic E-state index is 11.8. The molecule has 0 radical (unpaired) electrons. The summed E-state index contributed by atoms with van der Waals surface area (Å²) in [6.45, 7) is 9.79. The van der Waals surface area contributed by atoms with E-state index < -0.39 is 5.60 Å². The van der Waals surface area contributed by atoms with Gasteiger partial charge in [-0.2, -0.15) is 5.10 Å². The van der Waals surface area contributed by atoms with Crippen molar-refractivity contribution in [2.24, 2.45) is 7.05 Å². The molecule has 21 heavy (non-hydrogen) atoms. The summed E-state index contributed by atoms with van der Waals surface area (Å²) in [6.07, 6.45) is 2.67. The lowest BCUT2D eigenvalue weighted by Crippen LogP contribution is -2.37.